The first-order valence-electron chi connectivity index (χ1n) is 10.9. The zero-order valence-corrected chi connectivity index (χ0v) is 17.8. The van der Waals surface area contributed by atoms with Crippen LogP contribution >= 0.6 is 0 Å². The monoisotopic (exact) mass is 386 g/mol. The standard InChI is InChI=1S/C24H34O4/c1-15(25)28-14-22(27-4)21-8-7-19-18-6-5-16-13-17(26)9-11-23(16,2)20(18)10-12-24(19,21)3/h8,13,18-20,22H,5-7,9-12,14H2,1-4H3/t18-,19-,20-,22?,23-,24-/m0/s1. The molecule has 4 heteroatoms. The number of carbonyl (C=O) groups excluding carboxylic acids is 2. The molecule has 0 bridgehead atoms. The average molecular weight is 387 g/mol. The predicted octanol–water partition coefficient (Wildman–Crippen LogP) is 4.63. The SMILES string of the molecule is COC(COC(C)=O)C1=CC[C@H]2[C@@H]3CCC4=CC(=O)CC[C@]4(C)[C@H]3CC[C@]12C. The number of esters is 1. The zero-order valence-electron chi connectivity index (χ0n) is 17.8. The molecule has 0 spiro atoms. The highest BCUT2D eigenvalue weighted by atomic mass is 16.6. The Morgan fingerprint density at radius 1 is 1.18 bits per heavy atom. The van der Waals surface area contributed by atoms with Crippen molar-refractivity contribution in [2.24, 2.45) is 28.6 Å². The van der Waals surface area contributed by atoms with Gasteiger partial charge in [0.1, 0.15) is 12.7 Å². The van der Waals surface area contributed by atoms with Crippen molar-refractivity contribution in [1.29, 1.82) is 0 Å². The van der Waals surface area contributed by atoms with Gasteiger partial charge in [0.15, 0.2) is 5.78 Å². The molecule has 2 saturated carbocycles. The van der Waals surface area contributed by atoms with Gasteiger partial charge >= 0.3 is 5.97 Å². The van der Waals surface area contributed by atoms with Crippen molar-refractivity contribution in [2.45, 2.75) is 71.8 Å². The molecule has 2 fully saturated rings. The van der Waals surface area contributed by atoms with E-state index in [1.54, 1.807) is 7.11 Å². The van der Waals surface area contributed by atoms with E-state index in [4.69, 9.17) is 9.47 Å². The van der Waals surface area contributed by atoms with Gasteiger partial charge in [-0.1, -0.05) is 25.5 Å². The van der Waals surface area contributed by atoms with Crippen molar-refractivity contribution in [3.05, 3.63) is 23.3 Å². The van der Waals surface area contributed by atoms with Crippen LogP contribution in [0.25, 0.3) is 0 Å². The molecule has 154 valence electrons. The molecule has 4 aliphatic rings. The third kappa shape index (κ3) is 2.99. The van der Waals surface area contributed by atoms with Gasteiger partial charge in [0, 0.05) is 20.5 Å². The summed E-state index contributed by atoms with van der Waals surface area (Å²) in [7, 11) is 1.72. The van der Waals surface area contributed by atoms with Crippen LogP contribution in [-0.4, -0.2) is 31.6 Å². The van der Waals surface area contributed by atoms with Crippen LogP contribution in [0.5, 0.6) is 0 Å². The Labute approximate surface area is 168 Å². The van der Waals surface area contributed by atoms with Crippen LogP contribution in [0, 0.1) is 28.6 Å². The number of hydrogen-bond acceptors (Lipinski definition) is 4. The second-order valence-corrected chi connectivity index (χ2v) is 9.85. The van der Waals surface area contributed by atoms with Crippen LogP contribution in [0.2, 0.25) is 0 Å². The van der Waals surface area contributed by atoms with E-state index in [9.17, 15) is 9.59 Å². The maximum atomic E-state index is 12.0. The molecule has 4 nitrogen and oxygen atoms in total. The minimum atomic E-state index is -0.252. The molecule has 0 aromatic rings. The molecule has 6 atom stereocenters. The Kier molecular flexibility index (Phi) is 5.06. The number of methoxy groups -OCH3 is 1. The number of rotatable bonds is 4. The van der Waals surface area contributed by atoms with Gasteiger partial charge in [-0.15, -0.1) is 0 Å². The van der Waals surface area contributed by atoms with Crippen molar-refractivity contribution in [1.82, 2.24) is 0 Å². The number of hydrogen-bond donors (Lipinski definition) is 0. The van der Waals surface area contributed by atoms with Gasteiger partial charge < -0.3 is 9.47 Å². The molecule has 0 N–H and O–H groups in total. The summed E-state index contributed by atoms with van der Waals surface area (Å²) in [6.07, 6.45) is 11.7. The first kappa shape index (κ1) is 19.9. The number of ketones is 1. The van der Waals surface area contributed by atoms with Crippen molar-refractivity contribution >= 4 is 11.8 Å². The van der Waals surface area contributed by atoms with Crippen LogP contribution in [0.4, 0.5) is 0 Å². The largest absolute Gasteiger partial charge is 0.463 e. The molecule has 1 unspecified atom stereocenters. The Balaban J connectivity index is 1.57. The second-order valence-electron chi connectivity index (χ2n) is 9.85. The van der Waals surface area contributed by atoms with E-state index in [0.717, 1.165) is 25.7 Å². The predicted molar refractivity (Wildman–Crippen MR) is 108 cm³/mol. The van der Waals surface area contributed by atoms with Crippen molar-refractivity contribution in [3.63, 3.8) is 0 Å². The Bertz CT molecular complexity index is 735. The van der Waals surface area contributed by atoms with Gasteiger partial charge in [-0.3, -0.25) is 9.59 Å². The number of carbonyl (C=O) groups is 2. The van der Waals surface area contributed by atoms with E-state index < -0.39 is 0 Å². The van der Waals surface area contributed by atoms with Crippen molar-refractivity contribution in [2.75, 3.05) is 13.7 Å². The Morgan fingerprint density at radius 3 is 2.68 bits per heavy atom. The van der Waals surface area contributed by atoms with Crippen molar-refractivity contribution < 1.29 is 19.1 Å². The summed E-state index contributed by atoms with van der Waals surface area (Å²) < 4.78 is 11.1. The number of ether oxygens (including phenoxy) is 2. The molecule has 28 heavy (non-hydrogen) atoms. The summed E-state index contributed by atoms with van der Waals surface area (Å²) in [6, 6.07) is 0. The number of fused-ring (bicyclic) bond motifs is 5. The van der Waals surface area contributed by atoms with Crippen LogP contribution in [0.15, 0.2) is 23.3 Å². The Morgan fingerprint density at radius 2 is 1.96 bits per heavy atom. The first-order valence-corrected chi connectivity index (χ1v) is 10.9. The molecule has 0 radical (unpaired) electrons. The van der Waals surface area contributed by atoms with Crippen molar-refractivity contribution in [3.8, 4) is 0 Å². The highest BCUT2D eigenvalue weighted by Gasteiger charge is 2.57. The van der Waals surface area contributed by atoms with Crippen LogP contribution in [0.1, 0.15) is 65.7 Å². The van der Waals surface area contributed by atoms with E-state index in [0.29, 0.717) is 36.6 Å². The van der Waals surface area contributed by atoms with E-state index >= 15 is 0 Å². The summed E-state index contributed by atoms with van der Waals surface area (Å²) in [6.45, 7) is 6.59. The summed E-state index contributed by atoms with van der Waals surface area (Å²) in [5.74, 6) is 2.09. The lowest BCUT2D eigenvalue weighted by molar-refractivity contribution is -0.144. The minimum Gasteiger partial charge on any atom is -0.463 e. The van der Waals surface area contributed by atoms with Crippen LogP contribution in [-0.2, 0) is 19.1 Å². The fourth-order valence-electron chi connectivity index (χ4n) is 7.14. The molecule has 0 saturated heterocycles. The Hall–Kier alpha value is -1.42. The van der Waals surface area contributed by atoms with Crippen LogP contribution < -0.4 is 0 Å². The average Bonchev–Trinajstić information content (AvgIpc) is 3.00. The van der Waals surface area contributed by atoms with E-state index in [1.165, 1.54) is 30.9 Å². The summed E-state index contributed by atoms with van der Waals surface area (Å²) in [4.78, 5) is 23.3. The highest BCUT2D eigenvalue weighted by Crippen LogP contribution is 2.65. The lowest BCUT2D eigenvalue weighted by Crippen LogP contribution is -2.51. The normalized spacial score (nSPS) is 40.6. The minimum absolute atomic E-state index is 0.129. The van der Waals surface area contributed by atoms with Gasteiger partial charge in [-0.25, -0.2) is 0 Å². The zero-order chi connectivity index (χ0) is 20.1. The van der Waals surface area contributed by atoms with Gasteiger partial charge in [0.2, 0.25) is 0 Å². The molecule has 0 heterocycles. The molecular formula is C24H34O4. The van der Waals surface area contributed by atoms with E-state index in [-0.39, 0.29) is 22.9 Å². The van der Waals surface area contributed by atoms with Gasteiger partial charge in [-0.2, -0.15) is 0 Å². The van der Waals surface area contributed by atoms with Gasteiger partial charge in [0.05, 0.1) is 0 Å². The third-order valence-corrected chi connectivity index (χ3v) is 8.67. The molecule has 0 aromatic heterocycles. The third-order valence-electron chi connectivity index (χ3n) is 8.67. The summed E-state index contributed by atoms with van der Waals surface area (Å²) in [5, 5.41) is 0. The molecule has 0 amide bonds. The maximum Gasteiger partial charge on any atom is 0.302 e. The van der Waals surface area contributed by atoms with Gasteiger partial charge in [0.25, 0.3) is 0 Å². The lowest BCUT2D eigenvalue weighted by Gasteiger charge is -2.58. The second kappa shape index (κ2) is 7.12. The lowest BCUT2D eigenvalue weighted by atomic mass is 9.46. The quantitative estimate of drug-likeness (QED) is 0.522. The summed E-state index contributed by atoms with van der Waals surface area (Å²) in [5.41, 5.74) is 3.10. The molecule has 4 aliphatic carbocycles. The molecule has 0 aliphatic heterocycles. The highest BCUT2D eigenvalue weighted by molar-refractivity contribution is 5.91. The smallest absolute Gasteiger partial charge is 0.302 e. The van der Waals surface area contributed by atoms with Gasteiger partial charge in [-0.05, 0) is 78.8 Å². The molecule has 4 rings (SSSR count). The van der Waals surface area contributed by atoms with Crippen LogP contribution in [0.3, 0.4) is 0 Å². The maximum absolute atomic E-state index is 12.0. The number of allylic oxidation sites excluding steroid dienone is 3. The first-order chi connectivity index (χ1) is 13.3. The van der Waals surface area contributed by atoms with E-state index in [1.807, 2.05) is 6.08 Å². The summed E-state index contributed by atoms with van der Waals surface area (Å²) >= 11 is 0. The molecule has 0 aromatic carbocycles. The fraction of sp³-hybridized carbons (Fsp3) is 0.750. The van der Waals surface area contributed by atoms with E-state index in [2.05, 4.69) is 19.9 Å². The fourth-order valence-corrected chi connectivity index (χ4v) is 7.14. The molecular weight excluding hydrogens is 352 g/mol. The topological polar surface area (TPSA) is 52.6 Å².